The first kappa shape index (κ1) is 13.0. The van der Waals surface area contributed by atoms with Crippen molar-refractivity contribution in [3.63, 3.8) is 0 Å². The summed E-state index contributed by atoms with van der Waals surface area (Å²) < 4.78 is 29.5. The predicted octanol–water partition coefficient (Wildman–Crippen LogP) is 2.62. The van der Waals surface area contributed by atoms with Gasteiger partial charge >= 0.3 is 0 Å². The highest BCUT2D eigenvalue weighted by Gasteiger charge is 2.15. The van der Waals surface area contributed by atoms with E-state index in [2.05, 4.69) is 10.2 Å². The number of nitrogens with zero attached hydrogens (tertiary/aromatic N) is 3. The van der Waals surface area contributed by atoms with E-state index in [1.54, 1.807) is 22.7 Å². The van der Waals surface area contributed by atoms with E-state index >= 15 is 0 Å². The first-order valence-electron chi connectivity index (χ1n) is 5.84. The Bertz CT molecular complexity index is 749. The Labute approximate surface area is 117 Å². The molecule has 0 aliphatic carbocycles. The fraction of sp³-hybridized carbons (Fsp3) is 0.0769. The van der Waals surface area contributed by atoms with E-state index in [9.17, 15) is 8.78 Å². The summed E-state index contributed by atoms with van der Waals surface area (Å²) in [5.41, 5.74) is 6.41. The Hall–Kier alpha value is -1.99. The minimum absolute atomic E-state index is 0.0899. The van der Waals surface area contributed by atoms with Gasteiger partial charge in [0.05, 0.1) is 4.90 Å². The van der Waals surface area contributed by atoms with Gasteiger partial charge in [0.2, 0.25) is 5.16 Å². The number of rotatable bonds is 3. The lowest BCUT2D eigenvalue weighted by atomic mass is 10.2. The van der Waals surface area contributed by atoms with Gasteiger partial charge in [-0.25, -0.2) is 8.78 Å². The summed E-state index contributed by atoms with van der Waals surface area (Å²) in [6.45, 7) is 0.0899. The van der Waals surface area contributed by atoms with Gasteiger partial charge in [-0.1, -0.05) is 6.07 Å². The molecule has 0 aliphatic rings. The van der Waals surface area contributed by atoms with Crippen LogP contribution in [0.15, 0.2) is 46.6 Å². The largest absolute Gasteiger partial charge is 0.326 e. The van der Waals surface area contributed by atoms with Crippen LogP contribution >= 0.6 is 11.8 Å². The Morgan fingerprint density at radius 1 is 1.15 bits per heavy atom. The second kappa shape index (κ2) is 5.18. The van der Waals surface area contributed by atoms with Crippen molar-refractivity contribution < 1.29 is 8.78 Å². The number of pyridine rings is 1. The van der Waals surface area contributed by atoms with Crippen LogP contribution in [0, 0.1) is 11.6 Å². The lowest BCUT2D eigenvalue weighted by Crippen LogP contribution is -2.00. The second-order valence-corrected chi connectivity index (χ2v) is 5.08. The molecule has 4 nitrogen and oxygen atoms in total. The van der Waals surface area contributed by atoms with Crippen LogP contribution in [-0.4, -0.2) is 14.6 Å². The zero-order chi connectivity index (χ0) is 14.1. The zero-order valence-corrected chi connectivity index (χ0v) is 11.1. The average molecular weight is 292 g/mol. The van der Waals surface area contributed by atoms with Crippen molar-refractivity contribution in [2.45, 2.75) is 16.6 Å². The molecule has 1 aromatic carbocycles. The van der Waals surface area contributed by atoms with Crippen LogP contribution in [0.5, 0.6) is 0 Å². The second-order valence-electron chi connectivity index (χ2n) is 4.11. The number of benzene rings is 1. The highest BCUT2D eigenvalue weighted by molar-refractivity contribution is 7.99. The molecule has 0 unspecified atom stereocenters. The molecule has 0 saturated carbocycles. The van der Waals surface area contributed by atoms with E-state index in [0.717, 1.165) is 11.8 Å². The Kier molecular flexibility index (Phi) is 3.37. The van der Waals surface area contributed by atoms with E-state index in [1.807, 2.05) is 6.07 Å². The Morgan fingerprint density at radius 3 is 2.60 bits per heavy atom. The van der Waals surface area contributed by atoms with Gasteiger partial charge in [-0.3, -0.25) is 4.40 Å². The molecule has 0 fully saturated rings. The number of nitrogens with two attached hydrogens (primary N) is 1. The monoisotopic (exact) mass is 292 g/mol. The molecule has 3 aromatic rings. The maximum absolute atomic E-state index is 13.9. The molecule has 0 atom stereocenters. The van der Waals surface area contributed by atoms with Gasteiger partial charge in [0, 0.05) is 12.7 Å². The summed E-state index contributed by atoms with van der Waals surface area (Å²) in [6, 6.07) is 7.84. The maximum Gasteiger partial charge on any atom is 0.200 e. The smallest absolute Gasteiger partial charge is 0.200 e. The molecule has 2 N–H and O–H groups in total. The van der Waals surface area contributed by atoms with E-state index < -0.39 is 11.6 Å². The molecule has 0 radical (unpaired) electrons. The van der Waals surface area contributed by atoms with E-state index in [0.29, 0.717) is 16.4 Å². The van der Waals surface area contributed by atoms with Gasteiger partial charge in [-0.05, 0) is 41.6 Å². The third-order valence-electron chi connectivity index (χ3n) is 2.77. The highest BCUT2D eigenvalue weighted by Crippen LogP contribution is 2.31. The summed E-state index contributed by atoms with van der Waals surface area (Å²) in [6.07, 6.45) is 1.74. The van der Waals surface area contributed by atoms with Gasteiger partial charge in [-0.15, -0.1) is 10.2 Å². The molecule has 2 aromatic heterocycles. The van der Waals surface area contributed by atoms with Crippen LogP contribution in [0.25, 0.3) is 5.65 Å². The fourth-order valence-corrected chi connectivity index (χ4v) is 2.64. The number of hydrogen-bond acceptors (Lipinski definition) is 4. The van der Waals surface area contributed by atoms with Crippen LogP contribution in [0.2, 0.25) is 0 Å². The molecule has 0 amide bonds. The predicted molar refractivity (Wildman–Crippen MR) is 71.4 cm³/mol. The van der Waals surface area contributed by atoms with Crippen LogP contribution in [0.4, 0.5) is 8.78 Å². The first-order chi connectivity index (χ1) is 9.69. The molecule has 3 rings (SSSR count). The van der Waals surface area contributed by atoms with Crippen molar-refractivity contribution in [2.24, 2.45) is 5.73 Å². The minimum atomic E-state index is -0.650. The first-order valence-corrected chi connectivity index (χ1v) is 6.66. The Balaban J connectivity index is 2.03. The Morgan fingerprint density at radius 2 is 1.90 bits per heavy atom. The van der Waals surface area contributed by atoms with Crippen molar-refractivity contribution in [3.05, 3.63) is 53.7 Å². The van der Waals surface area contributed by atoms with Crippen molar-refractivity contribution in [3.8, 4) is 0 Å². The van der Waals surface area contributed by atoms with Crippen molar-refractivity contribution in [2.75, 3.05) is 0 Å². The lowest BCUT2D eigenvalue weighted by Gasteiger charge is -2.05. The van der Waals surface area contributed by atoms with Crippen LogP contribution in [-0.2, 0) is 6.54 Å². The summed E-state index contributed by atoms with van der Waals surface area (Å²) in [5, 5.41) is 8.27. The van der Waals surface area contributed by atoms with Crippen LogP contribution in [0.3, 0.4) is 0 Å². The van der Waals surface area contributed by atoms with E-state index in [-0.39, 0.29) is 11.4 Å². The van der Waals surface area contributed by atoms with Crippen LogP contribution < -0.4 is 5.73 Å². The third-order valence-corrected chi connectivity index (χ3v) is 3.82. The summed E-state index contributed by atoms with van der Waals surface area (Å²) in [4.78, 5) is -0.111. The van der Waals surface area contributed by atoms with Gasteiger partial charge in [0.15, 0.2) is 5.65 Å². The SMILES string of the molecule is NCc1cc(F)c(Sc2nnc3ccccn23)c(F)c1. The van der Waals surface area contributed by atoms with Gasteiger partial charge in [-0.2, -0.15) is 0 Å². The highest BCUT2D eigenvalue weighted by atomic mass is 32.2. The normalized spacial score (nSPS) is 11.2. The fourth-order valence-electron chi connectivity index (χ4n) is 1.81. The molecule has 0 bridgehead atoms. The maximum atomic E-state index is 13.9. The van der Waals surface area contributed by atoms with Gasteiger partial charge < -0.3 is 5.73 Å². The average Bonchev–Trinajstić information content (AvgIpc) is 2.86. The molecule has 20 heavy (non-hydrogen) atoms. The van der Waals surface area contributed by atoms with E-state index in [4.69, 9.17) is 5.73 Å². The molecule has 0 spiro atoms. The minimum Gasteiger partial charge on any atom is -0.326 e. The number of halogens is 2. The standard InChI is InChI=1S/C13H10F2N4S/c14-9-5-8(7-16)6-10(15)12(9)20-13-18-17-11-3-1-2-4-19(11)13/h1-6H,7,16H2. The summed E-state index contributed by atoms with van der Waals surface area (Å²) in [7, 11) is 0. The third kappa shape index (κ3) is 2.25. The molecule has 2 heterocycles. The molecule has 7 heteroatoms. The molecule has 0 saturated heterocycles. The summed E-state index contributed by atoms with van der Waals surface area (Å²) in [5.74, 6) is -1.30. The number of aromatic nitrogens is 3. The van der Waals surface area contributed by atoms with Gasteiger partial charge in [0.1, 0.15) is 11.6 Å². The zero-order valence-electron chi connectivity index (χ0n) is 10.3. The molecule has 0 aliphatic heterocycles. The number of hydrogen-bond donors (Lipinski definition) is 1. The van der Waals surface area contributed by atoms with Crippen molar-refractivity contribution >= 4 is 17.4 Å². The lowest BCUT2D eigenvalue weighted by molar-refractivity contribution is 0.537. The van der Waals surface area contributed by atoms with Gasteiger partial charge in [0.25, 0.3) is 0 Å². The number of fused-ring (bicyclic) bond motifs is 1. The quantitative estimate of drug-likeness (QED) is 0.806. The van der Waals surface area contributed by atoms with E-state index in [1.165, 1.54) is 12.1 Å². The topological polar surface area (TPSA) is 56.2 Å². The van der Waals surface area contributed by atoms with Crippen molar-refractivity contribution in [1.82, 2.24) is 14.6 Å². The summed E-state index contributed by atoms with van der Waals surface area (Å²) >= 11 is 0.895. The molecule has 102 valence electrons. The van der Waals surface area contributed by atoms with Crippen molar-refractivity contribution in [1.29, 1.82) is 0 Å². The molecular weight excluding hydrogens is 282 g/mol. The molecular formula is C13H10F2N4S. The van der Waals surface area contributed by atoms with Crippen LogP contribution in [0.1, 0.15) is 5.56 Å².